The molecule has 1 aromatic rings. The number of aryl methyl sites for hydroxylation is 1. The Morgan fingerprint density at radius 1 is 1.35 bits per heavy atom. The second kappa shape index (κ2) is 7.77. The Labute approximate surface area is 139 Å². The van der Waals surface area contributed by atoms with Crippen molar-refractivity contribution >= 4 is 6.09 Å². The molecule has 132 valence electrons. The van der Waals surface area contributed by atoms with Crippen molar-refractivity contribution in [3.8, 4) is 0 Å². The number of nitrogens with one attached hydrogen (secondary N) is 2. The lowest BCUT2D eigenvalue weighted by molar-refractivity contribution is 0.0507. The Morgan fingerprint density at radius 3 is 2.48 bits per heavy atom. The van der Waals surface area contributed by atoms with E-state index in [1.165, 1.54) is 0 Å². The topological polar surface area (TPSA) is 81.1 Å². The number of rotatable bonds is 7. The van der Waals surface area contributed by atoms with Crippen molar-refractivity contribution in [3.05, 3.63) is 11.9 Å². The number of aromatic nitrogens is 3. The van der Waals surface area contributed by atoms with Crippen LogP contribution in [0.2, 0.25) is 0 Å². The van der Waals surface area contributed by atoms with Crippen LogP contribution in [0.5, 0.6) is 0 Å². The van der Waals surface area contributed by atoms with E-state index in [1.54, 1.807) is 4.68 Å². The number of carbonyl (C=O) groups is 1. The highest BCUT2D eigenvalue weighted by atomic mass is 16.6. The van der Waals surface area contributed by atoms with Crippen molar-refractivity contribution in [3.63, 3.8) is 0 Å². The molecule has 0 aromatic carbocycles. The van der Waals surface area contributed by atoms with E-state index in [0.29, 0.717) is 19.0 Å². The zero-order chi connectivity index (χ0) is 17.7. The predicted octanol–water partition coefficient (Wildman–Crippen LogP) is 2.23. The summed E-state index contributed by atoms with van der Waals surface area (Å²) in [5.74, 6) is 0.495. The van der Waals surface area contributed by atoms with Gasteiger partial charge in [0, 0.05) is 31.9 Å². The van der Waals surface area contributed by atoms with Crippen molar-refractivity contribution in [1.29, 1.82) is 0 Å². The number of amides is 1. The van der Waals surface area contributed by atoms with Crippen LogP contribution in [-0.2, 0) is 18.3 Å². The number of hydrogen-bond acceptors (Lipinski definition) is 5. The molecule has 1 aromatic heterocycles. The molecule has 7 heteroatoms. The first-order valence-electron chi connectivity index (χ1n) is 8.06. The molecule has 0 saturated carbocycles. The van der Waals surface area contributed by atoms with Gasteiger partial charge in [-0.15, -0.1) is 5.10 Å². The molecule has 0 unspecified atom stereocenters. The summed E-state index contributed by atoms with van der Waals surface area (Å²) in [5, 5.41) is 14.4. The lowest BCUT2D eigenvalue weighted by atomic mass is 9.90. The standard InChI is InChI=1S/C16H31N5O2/c1-12(2)8-16(6,11-17-14(22)23-15(3,4)5)18-9-13-10-21(7)20-19-13/h10,12,18H,8-9,11H2,1-7H3,(H,17,22)/t16-/m0/s1. The number of hydrogen-bond donors (Lipinski definition) is 2. The van der Waals surface area contributed by atoms with Crippen LogP contribution in [0.15, 0.2) is 6.20 Å². The van der Waals surface area contributed by atoms with Gasteiger partial charge in [-0.05, 0) is 40.0 Å². The van der Waals surface area contributed by atoms with E-state index in [-0.39, 0.29) is 5.54 Å². The Balaban J connectivity index is 2.60. The predicted molar refractivity (Wildman–Crippen MR) is 89.9 cm³/mol. The van der Waals surface area contributed by atoms with Crippen LogP contribution in [0.25, 0.3) is 0 Å². The number of carbonyl (C=O) groups excluding carboxylic acids is 1. The van der Waals surface area contributed by atoms with Gasteiger partial charge in [-0.3, -0.25) is 4.68 Å². The summed E-state index contributed by atoms with van der Waals surface area (Å²) in [6.45, 7) is 13.1. The maximum absolute atomic E-state index is 11.9. The van der Waals surface area contributed by atoms with Gasteiger partial charge in [0.25, 0.3) is 0 Å². The summed E-state index contributed by atoms with van der Waals surface area (Å²) in [5.41, 5.74) is 0.133. The van der Waals surface area contributed by atoms with Crippen LogP contribution >= 0.6 is 0 Å². The van der Waals surface area contributed by atoms with E-state index < -0.39 is 11.7 Å². The minimum absolute atomic E-state index is 0.247. The number of ether oxygens (including phenoxy) is 1. The highest BCUT2D eigenvalue weighted by molar-refractivity contribution is 5.67. The number of alkyl carbamates (subject to hydrolysis) is 1. The van der Waals surface area contributed by atoms with Gasteiger partial charge in [0.1, 0.15) is 5.60 Å². The van der Waals surface area contributed by atoms with Gasteiger partial charge in [0.2, 0.25) is 0 Å². The van der Waals surface area contributed by atoms with E-state index in [4.69, 9.17) is 4.74 Å². The van der Waals surface area contributed by atoms with E-state index in [0.717, 1.165) is 12.1 Å². The third-order valence-electron chi connectivity index (χ3n) is 3.23. The molecule has 1 rings (SSSR count). The summed E-state index contributed by atoms with van der Waals surface area (Å²) < 4.78 is 6.98. The van der Waals surface area contributed by atoms with Crippen LogP contribution < -0.4 is 10.6 Å². The first-order valence-corrected chi connectivity index (χ1v) is 8.06. The van der Waals surface area contributed by atoms with E-state index in [2.05, 4.69) is 41.7 Å². The van der Waals surface area contributed by atoms with E-state index in [9.17, 15) is 4.79 Å². The fraction of sp³-hybridized carbons (Fsp3) is 0.812. The molecule has 1 atom stereocenters. The molecule has 0 aliphatic heterocycles. The normalized spacial score (nSPS) is 14.6. The van der Waals surface area contributed by atoms with Crippen LogP contribution in [0.3, 0.4) is 0 Å². The lowest BCUT2D eigenvalue weighted by Gasteiger charge is -2.33. The highest BCUT2D eigenvalue weighted by Crippen LogP contribution is 2.17. The fourth-order valence-corrected chi connectivity index (χ4v) is 2.47. The Kier molecular flexibility index (Phi) is 6.56. The molecule has 0 spiro atoms. The van der Waals surface area contributed by atoms with Crippen molar-refractivity contribution in [2.45, 2.75) is 65.6 Å². The van der Waals surface area contributed by atoms with Gasteiger partial charge < -0.3 is 15.4 Å². The third kappa shape index (κ3) is 7.97. The minimum atomic E-state index is -0.494. The smallest absolute Gasteiger partial charge is 0.407 e. The van der Waals surface area contributed by atoms with E-state index >= 15 is 0 Å². The maximum atomic E-state index is 11.9. The zero-order valence-corrected chi connectivity index (χ0v) is 15.4. The summed E-state index contributed by atoms with van der Waals surface area (Å²) in [6.07, 6.45) is 2.40. The average Bonchev–Trinajstić information content (AvgIpc) is 2.77. The molecule has 1 heterocycles. The van der Waals surface area contributed by atoms with Gasteiger partial charge >= 0.3 is 6.09 Å². The maximum Gasteiger partial charge on any atom is 0.407 e. The second-order valence-corrected chi connectivity index (χ2v) is 7.75. The molecule has 0 aliphatic carbocycles. The fourth-order valence-electron chi connectivity index (χ4n) is 2.47. The molecule has 0 radical (unpaired) electrons. The highest BCUT2D eigenvalue weighted by Gasteiger charge is 2.27. The molecule has 1 amide bonds. The Morgan fingerprint density at radius 2 is 2.00 bits per heavy atom. The zero-order valence-electron chi connectivity index (χ0n) is 15.4. The van der Waals surface area contributed by atoms with Crippen LogP contribution in [-0.4, -0.2) is 38.8 Å². The summed E-state index contributed by atoms with van der Waals surface area (Å²) >= 11 is 0. The Bertz CT molecular complexity index is 507. The van der Waals surface area contributed by atoms with Gasteiger partial charge in [-0.25, -0.2) is 4.79 Å². The van der Waals surface area contributed by atoms with Crippen LogP contribution in [0, 0.1) is 5.92 Å². The largest absolute Gasteiger partial charge is 0.444 e. The third-order valence-corrected chi connectivity index (χ3v) is 3.23. The van der Waals surface area contributed by atoms with Crippen LogP contribution in [0.4, 0.5) is 4.79 Å². The van der Waals surface area contributed by atoms with Gasteiger partial charge in [0.15, 0.2) is 0 Å². The monoisotopic (exact) mass is 325 g/mol. The first-order chi connectivity index (χ1) is 10.5. The molecule has 0 bridgehead atoms. The van der Waals surface area contributed by atoms with Crippen molar-refractivity contribution in [2.75, 3.05) is 6.54 Å². The quantitative estimate of drug-likeness (QED) is 0.803. The summed E-state index contributed by atoms with van der Waals surface area (Å²) in [6, 6.07) is 0. The van der Waals surface area contributed by atoms with Gasteiger partial charge in [-0.1, -0.05) is 19.1 Å². The van der Waals surface area contributed by atoms with E-state index in [1.807, 2.05) is 34.0 Å². The molecule has 0 saturated heterocycles. The van der Waals surface area contributed by atoms with Crippen molar-refractivity contribution in [2.24, 2.45) is 13.0 Å². The van der Waals surface area contributed by atoms with Gasteiger partial charge in [0.05, 0.1) is 5.69 Å². The summed E-state index contributed by atoms with van der Waals surface area (Å²) in [7, 11) is 1.84. The molecule has 0 aliphatic rings. The average molecular weight is 325 g/mol. The lowest BCUT2D eigenvalue weighted by Crippen LogP contribution is -2.52. The van der Waals surface area contributed by atoms with Crippen molar-refractivity contribution < 1.29 is 9.53 Å². The molecular formula is C16H31N5O2. The first kappa shape index (κ1) is 19.4. The SMILES string of the molecule is CC(C)C[C@@](C)(CNC(=O)OC(C)(C)C)NCc1cn(C)nn1. The Hall–Kier alpha value is -1.63. The molecule has 23 heavy (non-hydrogen) atoms. The molecule has 2 N–H and O–H groups in total. The van der Waals surface area contributed by atoms with Crippen molar-refractivity contribution in [1.82, 2.24) is 25.6 Å². The molecule has 7 nitrogen and oxygen atoms in total. The second-order valence-electron chi connectivity index (χ2n) is 7.75. The summed E-state index contributed by atoms with van der Waals surface area (Å²) in [4.78, 5) is 11.9. The minimum Gasteiger partial charge on any atom is -0.444 e. The number of nitrogens with zero attached hydrogens (tertiary/aromatic N) is 3. The van der Waals surface area contributed by atoms with Gasteiger partial charge in [-0.2, -0.15) is 0 Å². The molecule has 0 fully saturated rings. The molecular weight excluding hydrogens is 294 g/mol. The van der Waals surface area contributed by atoms with Crippen LogP contribution in [0.1, 0.15) is 53.7 Å².